The van der Waals surface area contributed by atoms with Crippen molar-refractivity contribution >= 4 is 10.8 Å². The monoisotopic (exact) mass is 628 g/mol. The van der Waals surface area contributed by atoms with Gasteiger partial charge < -0.3 is 0 Å². The van der Waals surface area contributed by atoms with Crippen LogP contribution in [-0.4, -0.2) is 19.9 Å². The van der Waals surface area contributed by atoms with Gasteiger partial charge >= 0.3 is 0 Å². The average molecular weight is 629 g/mol. The standard InChI is InChI=1S/C45H32N4/c1-45(2)39-21-19-30-12-6-7-17-37(30)41(39)38-20-18-34(28-40(38)45)33-14-9-16-36(27-33)44-48-42(31-22-24-46-25-23-31)47-43(49-44)35-15-8-13-32(26-35)29-10-4-3-5-11-29/h3-28H,1-2H3. The van der Waals surface area contributed by atoms with E-state index in [1.807, 2.05) is 18.2 Å². The Hall–Kier alpha value is -6.26. The first-order valence-corrected chi connectivity index (χ1v) is 16.6. The quantitative estimate of drug-likeness (QED) is 0.190. The van der Waals surface area contributed by atoms with Gasteiger partial charge in [0, 0.05) is 34.5 Å². The molecule has 0 atom stereocenters. The second-order valence-corrected chi connectivity index (χ2v) is 13.2. The highest BCUT2D eigenvalue weighted by molar-refractivity contribution is 6.02. The first kappa shape index (κ1) is 28.9. The summed E-state index contributed by atoms with van der Waals surface area (Å²) in [5.74, 6) is 1.87. The number of rotatable bonds is 5. The number of aromatic nitrogens is 4. The Morgan fingerprint density at radius 3 is 1.69 bits per heavy atom. The minimum Gasteiger partial charge on any atom is -0.265 e. The third kappa shape index (κ3) is 5.01. The molecular weight excluding hydrogens is 597 g/mol. The maximum Gasteiger partial charge on any atom is 0.164 e. The molecule has 2 heterocycles. The topological polar surface area (TPSA) is 51.6 Å². The summed E-state index contributed by atoms with van der Waals surface area (Å²) in [6, 6.07) is 51.4. The van der Waals surface area contributed by atoms with Gasteiger partial charge in [0.1, 0.15) is 0 Å². The largest absolute Gasteiger partial charge is 0.265 e. The molecule has 0 aliphatic heterocycles. The molecule has 2 aromatic heterocycles. The van der Waals surface area contributed by atoms with E-state index in [4.69, 9.17) is 15.0 Å². The maximum absolute atomic E-state index is 5.07. The Labute approximate surface area is 285 Å². The molecule has 6 aromatic carbocycles. The van der Waals surface area contributed by atoms with Crippen molar-refractivity contribution in [3.8, 4) is 67.5 Å². The fraction of sp³-hybridized carbons (Fsp3) is 0.0667. The highest BCUT2D eigenvalue weighted by Gasteiger charge is 2.36. The fourth-order valence-electron chi connectivity index (χ4n) is 7.26. The van der Waals surface area contributed by atoms with Crippen LogP contribution in [0, 0.1) is 0 Å². The zero-order chi connectivity index (χ0) is 33.0. The van der Waals surface area contributed by atoms with Gasteiger partial charge in [-0.3, -0.25) is 4.98 Å². The van der Waals surface area contributed by atoms with Gasteiger partial charge in [-0.1, -0.05) is 129 Å². The predicted molar refractivity (Wildman–Crippen MR) is 200 cm³/mol. The molecule has 0 unspecified atom stereocenters. The molecule has 4 heteroatoms. The summed E-state index contributed by atoms with van der Waals surface area (Å²) < 4.78 is 0. The lowest BCUT2D eigenvalue weighted by Gasteiger charge is -2.22. The fourth-order valence-corrected chi connectivity index (χ4v) is 7.26. The highest BCUT2D eigenvalue weighted by atomic mass is 15.0. The number of fused-ring (bicyclic) bond motifs is 5. The Balaban J connectivity index is 1.15. The van der Waals surface area contributed by atoms with Crippen LogP contribution in [0.1, 0.15) is 25.0 Å². The van der Waals surface area contributed by atoms with Crippen molar-refractivity contribution in [3.63, 3.8) is 0 Å². The Bertz CT molecular complexity index is 2520. The minimum atomic E-state index is -0.112. The number of nitrogens with zero attached hydrogens (tertiary/aromatic N) is 4. The van der Waals surface area contributed by atoms with E-state index in [-0.39, 0.29) is 5.41 Å². The summed E-state index contributed by atoms with van der Waals surface area (Å²) in [7, 11) is 0. The van der Waals surface area contributed by atoms with E-state index >= 15 is 0 Å². The molecule has 0 fully saturated rings. The zero-order valence-corrected chi connectivity index (χ0v) is 27.3. The summed E-state index contributed by atoms with van der Waals surface area (Å²) in [6.07, 6.45) is 3.54. The van der Waals surface area contributed by atoms with E-state index in [9.17, 15) is 0 Å². The molecule has 0 saturated heterocycles. The SMILES string of the molecule is CC1(C)c2cc(-c3cccc(-c4nc(-c5ccncc5)nc(-c5cccc(-c6ccccc6)c5)n4)c3)ccc2-c2c1ccc1ccccc21. The zero-order valence-electron chi connectivity index (χ0n) is 27.3. The van der Waals surface area contributed by atoms with Gasteiger partial charge in [-0.25, -0.2) is 15.0 Å². The molecule has 0 saturated carbocycles. The van der Waals surface area contributed by atoms with Crippen molar-refractivity contribution < 1.29 is 0 Å². The van der Waals surface area contributed by atoms with E-state index in [1.165, 1.54) is 38.6 Å². The number of hydrogen-bond acceptors (Lipinski definition) is 4. The predicted octanol–water partition coefficient (Wildman–Crippen LogP) is 11.1. The van der Waals surface area contributed by atoms with Crippen LogP contribution in [0.15, 0.2) is 158 Å². The van der Waals surface area contributed by atoms with Crippen LogP contribution in [0.3, 0.4) is 0 Å². The van der Waals surface area contributed by atoms with Crippen molar-refractivity contribution in [3.05, 3.63) is 169 Å². The molecule has 4 nitrogen and oxygen atoms in total. The van der Waals surface area contributed by atoms with Crippen LogP contribution < -0.4 is 0 Å². The van der Waals surface area contributed by atoms with Crippen LogP contribution in [0.5, 0.6) is 0 Å². The van der Waals surface area contributed by atoms with Crippen LogP contribution in [0.4, 0.5) is 0 Å². The highest BCUT2D eigenvalue weighted by Crippen LogP contribution is 2.52. The molecule has 232 valence electrons. The number of benzene rings is 6. The van der Waals surface area contributed by atoms with Crippen molar-refractivity contribution in [2.45, 2.75) is 19.3 Å². The lowest BCUT2D eigenvalue weighted by molar-refractivity contribution is 0.661. The molecule has 8 aromatic rings. The normalized spacial score (nSPS) is 12.9. The summed E-state index contributed by atoms with van der Waals surface area (Å²) >= 11 is 0. The molecule has 1 aliphatic carbocycles. The van der Waals surface area contributed by atoms with Crippen LogP contribution >= 0.6 is 0 Å². The molecule has 0 amide bonds. The van der Waals surface area contributed by atoms with Crippen molar-refractivity contribution in [1.29, 1.82) is 0 Å². The van der Waals surface area contributed by atoms with Gasteiger partial charge in [-0.15, -0.1) is 0 Å². The van der Waals surface area contributed by atoms with Crippen molar-refractivity contribution in [2.24, 2.45) is 0 Å². The molecule has 0 N–H and O–H groups in total. The van der Waals surface area contributed by atoms with E-state index < -0.39 is 0 Å². The van der Waals surface area contributed by atoms with Crippen LogP contribution in [0.25, 0.3) is 78.3 Å². The lowest BCUT2D eigenvalue weighted by atomic mass is 9.81. The average Bonchev–Trinajstić information content (AvgIpc) is 3.41. The van der Waals surface area contributed by atoms with E-state index in [1.54, 1.807) is 12.4 Å². The summed E-state index contributed by atoms with van der Waals surface area (Å²) in [4.78, 5) is 19.2. The van der Waals surface area contributed by atoms with Crippen molar-refractivity contribution in [1.82, 2.24) is 19.9 Å². The van der Waals surface area contributed by atoms with Gasteiger partial charge in [-0.05, 0) is 85.6 Å². The molecule has 0 bridgehead atoms. The molecule has 0 spiro atoms. The minimum absolute atomic E-state index is 0.112. The van der Waals surface area contributed by atoms with Crippen molar-refractivity contribution in [2.75, 3.05) is 0 Å². The molecule has 9 rings (SSSR count). The summed E-state index contributed by atoms with van der Waals surface area (Å²) in [5.41, 5.74) is 12.6. The van der Waals surface area contributed by atoms with Crippen LogP contribution in [-0.2, 0) is 5.41 Å². The third-order valence-electron chi connectivity index (χ3n) is 9.82. The first-order valence-electron chi connectivity index (χ1n) is 16.6. The molecule has 49 heavy (non-hydrogen) atoms. The van der Waals surface area contributed by atoms with Gasteiger partial charge in [0.25, 0.3) is 0 Å². The van der Waals surface area contributed by atoms with E-state index in [0.717, 1.165) is 33.4 Å². The van der Waals surface area contributed by atoms with Crippen LogP contribution in [0.2, 0.25) is 0 Å². The van der Waals surface area contributed by atoms with Gasteiger partial charge in [0.05, 0.1) is 0 Å². The van der Waals surface area contributed by atoms with Gasteiger partial charge in [-0.2, -0.15) is 0 Å². The van der Waals surface area contributed by atoms with E-state index in [2.05, 4.69) is 146 Å². The van der Waals surface area contributed by atoms with Gasteiger partial charge in [0.2, 0.25) is 0 Å². The smallest absolute Gasteiger partial charge is 0.164 e. The molecule has 1 aliphatic rings. The summed E-state index contributed by atoms with van der Waals surface area (Å²) in [6.45, 7) is 4.68. The first-order chi connectivity index (χ1) is 24.0. The second kappa shape index (κ2) is 11.5. The van der Waals surface area contributed by atoms with E-state index in [0.29, 0.717) is 17.5 Å². The van der Waals surface area contributed by atoms with Gasteiger partial charge in [0.15, 0.2) is 17.5 Å². The Morgan fingerprint density at radius 2 is 0.980 bits per heavy atom. The number of pyridine rings is 1. The third-order valence-corrected chi connectivity index (χ3v) is 9.82. The lowest BCUT2D eigenvalue weighted by Crippen LogP contribution is -2.15. The Kier molecular flexibility index (Phi) is 6.77. The number of hydrogen-bond donors (Lipinski definition) is 0. The molecule has 0 radical (unpaired) electrons. The summed E-state index contributed by atoms with van der Waals surface area (Å²) in [5, 5.41) is 2.59. The second-order valence-electron chi connectivity index (χ2n) is 13.2. The molecular formula is C45H32N4. The Morgan fingerprint density at radius 1 is 0.408 bits per heavy atom. The maximum atomic E-state index is 5.07.